The fourth-order valence-corrected chi connectivity index (χ4v) is 2.48. The lowest BCUT2D eigenvalue weighted by atomic mass is 10.0. The minimum Gasteiger partial charge on any atom is -0.497 e. The van der Waals surface area contributed by atoms with Crippen LogP contribution in [0.4, 0.5) is 0 Å². The van der Waals surface area contributed by atoms with Gasteiger partial charge in [0.1, 0.15) is 5.75 Å². The molecule has 1 amide bonds. The van der Waals surface area contributed by atoms with Gasteiger partial charge in [0.25, 0.3) is 0 Å². The molecule has 4 nitrogen and oxygen atoms in total. The van der Waals surface area contributed by atoms with E-state index in [0.717, 1.165) is 24.3 Å². The van der Waals surface area contributed by atoms with Crippen LogP contribution < -0.4 is 15.4 Å². The predicted molar refractivity (Wildman–Crippen MR) is 75.1 cm³/mol. The van der Waals surface area contributed by atoms with Crippen molar-refractivity contribution in [3.8, 4) is 5.75 Å². The Labute approximate surface area is 114 Å². The van der Waals surface area contributed by atoms with E-state index in [1.54, 1.807) is 7.11 Å². The number of carbonyl (C=O) groups excluding carboxylic acids is 1. The van der Waals surface area contributed by atoms with E-state index in [2.05, 4.69) is 17.6 Å². The quantitative estimate of drug-likeness (QED) is 0.871. The molecule has 0 radical (unpaired) electrons. The number of benzene rings is 1. The third-order valence-electron chi connectivity index (χ3n) is 3.77. The van der Waals surface area contributed by atoms with E-state index in [1.807, 2.05) is 31.2 Å². The molecular formula is C15H22N2O2. The number of rotatable bonds is 4. The van der Waals surface area contributed by atoms with Gasteiger partial charge in [0.2, 0.25) is 5.91 Å². The summed E-state index contributed by atoms with van der Waals surface area (Å²) in [5.74, 6) is 1.30. The maximum absolute atomic E-state index is 12.2. The lowest BCUT2D eigenvalue weighted by molar-refractivity contribution is -0.124. The summed E-state index contributed by atoms with van der Waals surface area (Å²) in [5, 5.41) is 6.31. The predicted octanol–water partition coefficient (Wildman–Crippen LogP) is 1.87. The maximum atomic E-state index is 12.2. The van der Waals surface area contributed by atoms with Gasteiger partial charge >= 0.3 is 0 Å². The molecule has 104 valence electrons. The Morgan fingerprint density at radius 2 is 2.32 bits per heavy atom. The topological polar surface area (TPSA) is 50.4 Å². The number of ether oxygens (including phenoxy) is 1. The summed E-state index contributed by atoms with van der Waals surface area (Å²) in [6, 6.07) is 7.71. The lowest BCUT2D eigenvalue weighted by Gasteiger charge is -2.20. The van der Waals surface area contributed by atoms with Crippen LogP contribution in [0.3, 0.4) is 0 Å². The molecule has 1 aliphatic heterocycles. The first kappa shape index (κ1) is 13.9. The number of nitrogens with one attached hydrogen (secondary N) is 2. The largest absolute Gasteiger partial charge is 0.497 e. The van der Waals surface area contributed by atoms with Crippen molar-refractivity contribution < 1.29 is 9.53 Å². The summed E-state index contributed by atoms with van der Waals surface area (Å²) >= 11 is 0. The summed E-state index contributed by atoms with van der Waals surface area (Å²) in [6.45, 7) is 5.03. The van der Waals surface area contributed by atoms with Gasteiger partial charge in [0.05, 0.1) is 19.2 Å². The Bertz CT molecular complexity index is 448. The summed E-state index contributed by atoms with van der Waals surface area (Å²) in [7, 11) is 1.65. The summed E-state index contributed by atoms with van der Waals surface area (Å²) < 4.78 is 5.20. The zero-order chi connectivity index (χ0) is 13.8. The Kier molecular flexibility index (Phi) is 4.43. The van der Waals surface area contributed by atoms with Crippen LogP contribution in [0, 0.1) is 5.92 Å². The molecule has 1 aliphatic rings. The molecule has 19 heavy (non-hydrogen) atoms. The highest BCUT2D eigenvalue weighted by atomic mass is 16.5. The summed E-state index contributed by atoms with van der Waals surface area (Å²) in [5.41, 5.74) is 1.05. The van der Waals surface area contributed by atoms with Crippen LogP contribution in [0.5, 0.6) is 5.75 Å². The number of hydrogen-bond acceptors (Lipinski definition) is 3. The van der Waals surface area contributed by atoms with E-state index >= 15 is 0 Å². The highest BCUT2D eigenvalue weighted by Crippen LogP contribution is 2.20. The molecule has 0 aliphatic carbocycles. The van der Waals surface area contributed by atoms with E-state index in [-0.39, 0.29) is 18.0 Å². The minimum atomic E-state index is -0.0620. The van der Waals surface area contributed by atoms with Gasteiger partial charge in [-0.1, -0.05) is 19.1 Å². The SMILES string of the molecule is COc1cccc(C(C)NC(=O)C2NCCC2C)c1. The van der Waals surface area contributed by atoms with Crippen molar-refractivity contribution in [3.05, 3.63) is 29.8 Å². The van der Waals surface area contributed by atoms with Crippen LogP contribution >= 0.6 is 0 Å². The fraction of sp³-hybridized carbons (Fsp3) is 0.533. The van der Waals surface area contributed by atoms with Crippen molar-refractivity contribution in [2.24, 2.45) is 5.92 Å². The van der Waals surface area contributed by atoms with Crippen molar-refractivity contribution in [2.45, 2.75) is 32.4 Å². The van der Waals surface area contributed by atoms with Crippen LogP contribution in [0.15, 0.2) is 24.3 Å². The molecule has 2 N–H and O–H groups in total. The molecule has 1 saturated heterocycles. The van der Waals surface area contributed by atoms with Crippen molar-refractivity contribution in [2.75, 3.05) is 13.7 Å². The molecule has 3 atom stereocenters. The smallest absolute Gasteiger partial charge is 0.237 e. The van der Waals surface area contributed by atoms with Gasteiger partial charge in [-0.2, -0.15) is 0 Å². The van der Waals surface area contributed by atoms with Crippen LogP contribution in [-0.4, -0.2) is 25.6 Å². The minimum absolute atomic E-state index is 0.0165. The molecule has 1 aromatic rings. The summed E-state index contributed by atoms with van der Waals surface area (Å²) in [4.78, 5) is 12.2. The van der Waals surface area contributed by atoms with Crippen molar-refractivity contribution in [1.29, 1.82) is 0 Å². The highest BCUT2D eigenvalue weighted by Gasteiger charge is 2.29. The summed E-state index contributed by atoms with van der Waals surface area (Å²) in [6.07, 6.45) is 1.06. The zero-order valence-corrected chi connectivity index (χ0v) is 11.8. The van der Waals surface area contributed by atoms with Crippen LogP contribution in [-0.2, 0) is 4.79 Å². The molecule has 0 aromatic heterocycles. The molecule has 0 bridgehead atoms. The van der Waals surface area contributed by atoms with E-state index < -0.39 is 0 Å². The second-order valence-corrected chi connectivity index (χ2v) is 5.20. The van der Waals surface area contributed by atoms with Gasteiger partial charge < -0.3 is 15.4 Å². The van der Waals surface area contributed by atoms with Gasteiger partial charge in [-0.3, -0.25) is 4.79 Å². The van der Waals surface area contributed by atoms with Gasteiger partial charge in [-0.25, -0.2) is 0 Å². The zero-order valence-electron chi connectivity index (χ0n) is 11.8. The molecule has 1 fully saturated rings. The van der Waals surface area contributed by atoms with Gasteiger partial charge in [0, 0.05) is 0 Å². The molecule has 1 heterocycles. The third-order valence-corrected chi connectivity index (χ3v) is 3.77. The number of carbonyl (C=O) groups is 1. The van der Waals surface area contributed by atoms with Crippen LogP contribution in [0.25, 0.3) is 0 Å². The first-order chi connectivity index (χ1) is 9.11. The second-order valence-electron chi connectivity index (χ2n) is 5.20. The number of methoxy groups -OCH3 is 1. The third kappa shape index (κ3) is 3.26. The first-order valence-electron chi connectivity index (χ1n) is 6.79. The first-order valence-corrected chi connectivity index (χ1v) is 6.79. The Morgan fingerprint density at radius 1 is 1.53 bits per heavy atom. The molecule has 0 saturated carbocycles. The van der Waals surface area contributed by atoms with E-state index in [0.29, 0.717) is 5.92 Å². The Balaban J connectivity index is 1.99. The average molecular weight is 262 g/mol. The average Bonchev–Trinajstić information content (AvgIpc) is 2.85. The fourth-order valence-electron chi connectivity index (χ4n) is 2.48. The molecule has 4 heteroatoms. The lowest BCUT2D eigenvalue weighted by Crippen LogP contribution is -2.44. The van der Waals surface area contributed by atoms with E-state index in [9.17, 15) is 4.79 Å². The molecule has 0 spiro atoms. The standard InChI is InChI=1S/C15H22N2O2/c1-10-7-8-16-14(10)15(18)17-11(2)12-5-4-6-13(9-12)19-3/h4-6,9-11,14,16H,7-8H2,1-3H3,(H,17,18). The van der Waals surface area contributed by atoms with Crippen LogP contribution in [0.1, 0.15) is 31.9 Å². The van der Waals surface area contributed by atoms with Crippen molar-refractivity contribution >= 4 is 5.91 Å². The van der Waals surface area contributed by atoms with Gasteiger partial charge in [0.15, 0.2) is 0 Å². The molecular weight excluding hydrogens is 240 g/mol. The van der Waals surface area contributed by atoms with Crippen LogP contribution in [0.2, 0.25) is 0 Å². The highest BCUT2D eigenvalue weighted by molar-refractivity contribution is 5.82. The monoisotopic (exact) mass is 262 g/mol. The van der Waals surface area contributed by atoms with Gasteiger partial charge in [-0.05, 0) is 43.5 Å². The van der Waals surface area contributed by atoms with E-state index in [1.165, 1.54) is 0 Å². The molecule has 3 unspecified atom stereocenters. The second kappa shape index (κ2) is 6.06. The molecule has 1 aromatic carbocycles. The normalized spacial score (nSPS) is 23.9. The molecule has 2 rings (SSSR count). The maximum Gasteiger partial charge on any atom is 0.237 e. The van der Waals surface area contributed by atoms with Gasteiger partial charge in [-0.15, -0.1) is 0 Å². The Hall–Kier alpha value is -1.55. The number of hydrogen-bond donors (Lipinski definition) is 2. The number of amides is 1. The van der Waals surface area contributed by atoms with Crippen molar-refractivity contribution in [3.63, 3.8) is 0 Å². The van der Waals surface area contributed by atoms with Crippen molar-refractivity contribution in [1.82, 2.24) is 10.6 Å². The Morgan fingerprint density at radius 3 is 2.95 bits per heavy atom. The van der Waals surface area contributed by atoms with E-state index in [4.69, 9.17) is 4.74 Å².